The van der Waals surface area contributed by atoms with Crippen molar-refractivity contribution in [1.82, 2.24) is 50.3 Å². The summed E-state index contributed by atoms with van der Waals surface area (Å²) in [5.74, 6) is 7.52. The molecule has 24 nitrogen and oxygen atoms in total. The predicted molar refractivity (Wildman–Crippen MR) is 562 cm³/mol. The van der Waals surface area contributed by atoms with Gasteiger partial charge in [-0.2, -0.15) is 0 Å². The summed E-state index contributed by atoms with van der Waals surface area (Å²) in [5, 5.41) is 14.3. The van der Waals surface area contributed by atoms with Crippen molar-refractivity contribution in [3.8, 4) is 51.7 Å². The third kappa shape index (κ3) is 32.9. The number of unbranched alkanes of at least 4 members (excludes halogenated alkanes) is 7. The Morgan fingerprint density at radius 1 is 0.373 bits per heavy atom. The number of benzene rings is 9. The molecule has 28 heteroatoms. The Morgan fingerprint density at radius 2 is 0.718 bits per heavy atom. The number of aromatic nitrogens is 4. The van der Waals surface area contributed by atoms with E-state index in [-0.39, 0.29) is 48.4 Å². The first-order valence-electron chi connectivity index (χ1n) is 49.4. The molecule has 4 aliphatic heterocycles. The highest BCUT2D eigenvalue weighted by atomic mass is 32.1. The van der Waals surface area contributed by atoms with Gasteiger partial charge < -0.3 is 47.9 Å². The van der Waals surface area contributed by atoms with Crippen LogP contribution in [0.4, 0.5) is 0 Å². The smallest absolute Gasteiger partial charge is 0.294 e. The van der Waals surface area contributed by atoms with E-state index in [0.717, 1.165) is 187 Å². The number of thiazole rings is 4. The van der Waals surface area contributed by atoms with E-state index in [4.69, 9.17) is 57.4 Å². The van der Waals surface area contributed by atoms with Gasteiger partial charge in [0, 0.05) is 106 Å². The Hall–Kier alpha value is -12.2. The van der Waals surface area contributed by atoms with Crippen LogP contribution in [0.3, 0.4) is 0 Å². The lowest BCUT2D eigenvalue weighted by molar-refractivity contribution is 0.0360. The Bertz CT molecular complexity index is 6140. The molecular formula is C114H134N10O14S4. The molecule has 0 saturated heterocycles. The number of ether oxygens (including phenoxy) is 9. The van der Waals surface area contributed by atoms with Crippen molar-refractivity contribution in [3.05, 3.63) is 331 Å². The molecule has 8 heterocycles. The Balaban J connectivity index is 0.000000151. The van der Waals surface area contributed by atoms with E-state index in [1.165, 1.54) is 110 Å². The van der Waals surface area contributed by atoms with Crippen LogP contribution in [0.2, 0.25) is 0 Å². The number of Topliss-reactive ketones (excluding diaryl/α,β-unsaturated/α-hetero) is 2. The van der Waals surface area contributed by atoms with Gasteiger partial charge in [0.25, 0.3) is 11.8 Å². The highest BCUT2D eigenvalue weighted by Crippen LogP contribution is 2.37. The second kappa shape index (κ2) is 54.3. The monoisotopic (exact) mass is 1990 g/mol. The number of carbonyl (C=O) groups excluding carboxylic acids is 4. The zero-order chi connectivity index (χ0) is 99.4. The van der Waals surface area contributed by atoms with Crippen LogP contribution in [0, 0.1) is 0 Å². The van der Waals surface area contributed by atoms with E-state index in [0.29, 0.717) is 81.5 Å². The van der Waals surface area contributed by atoms with Crippen LogP contribution in [-0.4, -0.2) is 124 Å². The van der Waals surface area contributed by atoms with Gasteiger partial charge >= 0.3 is 0 Å². The molecular weight excluding hydrogens is 1860 g/mol. The maximum absolute atomic E-state index is 12.9. The lowest BCUT2D eigenvalue weighted by Crippen LogP contribution is -2.33. The third-order valence-corrected chi connectivity index (χ3v) is 28.1. The summed E-state index contributed by atoms with van der Waals surface area (Å²) >= 11 is 6.15. The van der Waals surface area contributed by atoms with Gasteiger partial charge in [-0.15, -0.1) is 45.3 Å². The Kier molecular flexibility index (Phi) is 40.4. The molecule has 2 N–H and O–H groups in total. The summed E-state index contributed by atoms with van der Waals surface area (Å²) in [7, 11) is 5.04. The van der Waals surface area contributed by atoms with Crippen molar-refractivity contribution >= 4 is 68.7 Å². The van der Waals surface area contributed by atoms with E-state index < -0.39 is 0 Å². The van der Waals surface area contributed by atoms with Gasteiger partial charge in [-0.1, -0.05) is 207 Å². The molecule has 4 aliphatic rings. The predicted octanol–water partition coefficient (Wildman–Crippen LogP) is 24.2. The number of aryl methyl sites for hydroxylation is 1. The quantitative estimate of drug-likeness (QED) is 0.0204. The first-order chi connectivity index (χ1) is 69.1. The van der Waals surface area contributed by atoms with Crippen LogP contribution in [0.15, 0.2) is 222 Å². The molecule has 748 valence electrons. The number of carbonyl (C=O) groups is 4. The first-order valence-corrected chi connectivity index (χ1v) is 52.9. The summed E-state index contributed by atoms with van der Waals surface area (Å²) in [6.07, 6.45) is 15.1. The number of hydrogen-bond donors (Lipinski definition) is 2. The van der Waals surface area contributed by atoms with Crippen LogP contribution in [0.5, 0.6) is 51.7 Å². The van der Waals surface area contributed by atoms with Gasteiger partial charge in [-0.25, -0.2) is 25.4 Å². The van der Waals surface area contributed by atoms with Crippen molar-refractivity contribution < 1.29 is 66.6 Å². The number of ketones is 2. The summed E-state index contributed by atoms with van der Waals surface area (Å²) in [6, 6.07) is 68.8. The van der Waals surface area contributed by atoms with Crippen LogP contribution >= 0.6 is 45.3 Å². The number of fused-ring (bicyclic) bond motifs is 4. The van der Waals surface area contributed by atoms with Crippen molar-refractivity contribution in [2.45, 2.75) is 235 Å². The number of amides is 2. The molecule has 4 aromatic heterocycles. The number of methoxy groups -OCH3 is 3. The van der Waals surface area contributed by atoms with Crippen LogP contribution in [-0.2, 0) is 108 Å². The largest absolute Gasteiger partial charge is 0.497 e. The van der Waals surface area contributed by atoms with Crippen LogP contribution in [0.25, 0.3) is 0 Å². The third-order valence-electron chi connectivity index (χ3n) is 24.8. The molecule has 0 spiro atoms. The molecule has 0 saturated carbocycles. The normalized spacial score (nSPS) is 12.7. The van der Waals surface area contributed by atoms with Gasteiger partial charge in [0.2, 0.25) is 13.6 Å². The summed E-state index contributed by atoms with van der Waals surface area (Å²) < 4.78 is 49.5. The molecule has 17 rings (SSSR count). The average Bonchev–Trinajstić information content (AvgIpc) is 1.67. The molecule has 9 aromatic carbocycles. The van der Waals surface area contributed by atoms with Gasteiger partial charge in [0.1, 0.15) is 71.6 Å². The topological polar surface area (TPSA) is 249 Å². The van der Waals surface area contributed by atoms with Crippen molar-refractivity contribution in [2.24, 2.45) is 0 Å². The van der Waals surface area contributed by atoms with Gasteiger partial charge in [-0.3, -0.25) is 43.6 Å². The second-order valence-electron chi connectivity index (χ2n) is 37.1. The van der Waals surface area contributed by atoms with Crippen LogP contribution < -0.4 is 53.4 Å². The van der Waals surface area contributed by atoms with Crippen LogP contribution in [0.1, 0.15) is 254 Å². The lowest BCUT2D eigenvalue weighted by atomic mass is 9.87. The fraction of sp³-hybridized carbons (Fsp3) is 0.386. The standard InChI is InChI=1S/C31H33N3O4S.C29H36N2O3S.C28H34N2O3S.C26H31N3O4S/c1-22(8-9-23-6-4-3-5-7-23)32-31(35)27-20-39-30(33-27)19-34(17-24-10-13-26(36-2)14-11-24)18-25-12-15-28-29(16-25)38-21-37-28;1-3-4-5-6-7-8-27(32)26-21-35-29(30-26)20-31(18-22-10-13-25(33-2)14-11-22)19-23-9-12-24-15-16-34-28(24)17-23;1-3-4-5-6-7-26(31)25-20-34-28(29-25)19-30(17-21-9-12-24(32-2)13-10-21)18-22-8-11-23-14-15-33-27(23)16-22;1-5-33-28-25(30)21-16-34-24(27-21)15-29(13-18-6-9-20(10-7-18)26(2,3)4)14-19-8-11-22-23(12-19)32-17-31-22/h3-7,10-16,20,22H,8-9,17-19,21H2,1-2H3,(H,32,35);9-14,17,21H,3-8,15-16,18-20H2,1-2H3;8-13,16,20H,3-7,14-15,17-19H2,1-2H3;6-12,16H,5,13-15,17H2,1-4H3,(H,28,30). The number of hydroxylamine groups is 1. The first kappa shape index (κ1) is 106. The van der Waals surface area contributed by atoms with Crippen molar-refractivity contribution in [1.29, 1.82) is 0 Å². The number of rotatable bonds is 48. The summed E-state index contributed by atoms with van der Waals surface area (Å²) in [6.45, 7) is 25.9. The van der Waals surface area contributed by atoms with E-state index >= 15 is 0 Å². The zero-order valence-electron chi connectivity index (χ0n) is 83.5. The maximum Gasteiger partial charge on any atom is 0.294 e. The molecule has 0 aliphatic carbocycles. The highest BCUT2D eigenvalue weighted by molar-refractivity contribution is 7.10. The molecule has 13 aromatic rings. The minimum Gasteiger partial charge on any atom is -0.497 e. The van der Waals surface area contributed by atoms with Crippen molar-refractivity contribution in [2.75, 3.05) is 54.7 Å². The SMILES string of the molecule is CCCCCCC(=O)c1csc(CN(Cc2ccc(OC)cc2)Cc2ccc3c(c2)OCC3)n1.CCCCCCCC(=O)c1csc(CN(Cc2ccc(OC)cc2)Cc2ccc3c(c2)OCC3)n1.CCONC(=O)c1csc(CN(Cc2ccc(C(C)(C)C)cc2)Cc2ccc3c(c2)OCO3)n1.COc1ccc(CN(Cc2ccc3c(c2)OCO3)Cc2nc(C(=O)NC(C)CCc3ccccc3)cs2)cc1. The van der Waals surface area contributed by atoms with Crippen molar-refractivity contribution in [3.63, 3.8) is 0 Å². The molecule has 0 radical (unpaired) electrons. The Labute approximate surface area is 852 Å². The minimum atomic E-state index is -0.329. The molecule has 142 heavy (non-hydrogen) atoms. The molecule has 2 amide bonds. The van der Waals surface area contributed by atoms with E-state index in [1.807, 2.05) is 109 Å². The van der Waals surface area contributed by atoms with E-state index in [2.05, 4.69) is 196 Å². The minimum absolute atomic E-state index is 0.0560. The second-order valence-corrected chi connectivity index (χ2v) is 40.9. The summed E-state index contributed by atoms with van der Waals surface area (Å²) in [4.78, 5) is 83.3. The fourth-order valence-electron chi connectivity index (χ4n) is 16.9. The highest BCUT2D eigenvalue weighted by Gasteiger charge is 2.26. The fourth-order valence-corrected chi connectivity index (χ4v) is 20.3. The van der Waals surface area contributed by atoms with Gasteiger partial charge in [-0.05, 0) is 185 Å². The van der Waals surface area contributed by atoms with Gasteiger partial charge in [0.15, 0.2) is 34.6 Å². The lowest BCUT2D eigenvalue weighted by Gasteiger charge is -2.23. The number of nitrogens with zero attached hydrogens (tertiary/aromatic N) is 8. The maximum atomic E-state index is 12.9. The molecule has 0 fully saturated rings. The van der Waals surface area contributed by atoms with E-state index in [9.17, 15) is 19.2 Å². The van der Waals surface area contributed by atoms with E-state index in [1.54, 1.807) is 49.4 Å². The number of hydrogen-bond acceptors (Lipinski definition) is 26. The van der Waals surface area contributed by atoms with Gasteiger partial charge in [0.05, 0.1) is 67.3 Å². The number of nitrogens with one attached hydrogen (secondary N) is 2. The zero-order valence-corrected chi connectivity index (χ0v) is 86.8. The molecule has 1 unspecified atom stereocenters. The average molecular weight is 2000 g/mol. The Morgan fingerprint density at radius 3 is 1.11 bits per heavy atom. The molecule has 0 bridgehead atoms. The summed E-state index contributed by atoms with van der Waals surface area (Å²) in [5.41, 5.74) is 19.2. The molecule has 1 atom stereocenters.